The van der Waals surface area contributed by atoms with Crippen LogP contribution in [0.4, 0.5) is 0 Å². The highest BCUT2D eigenvalue weighted by Crippen LogP contribution is 2.33. The number of hydrogen-bond donors (Lipinski definition) is 1. The van der Waals surface area contributed by atoms with Gasteiger partial charge in [0.1, 0.15) is 11.9 Å². The molecule has 0 atom stereocenters. The molecule has 4 heteroatoms. The zero-order chi connectivity index (χ0) is 8.60. The Bertz CT molecular complexity index is 354. The molecule has 0 amide bonds. The number of aryl methyl sites for hydroxylation is 1. The Morgan fingerprint density at radius 1 is 1.67 bits per heavy atom. The minimum Gasteiger partial charge on any atom is -0.378 e. The molecule has 0 saturated heterocycles. The van der Waals surface area contributed by atoms with E-state index in [4.69, 9.17) is 0 Å². The summed E-state index contributed by atoms with van der Waals surface area (Å²) < 4.78 is 1.72. The number of aliphatic hydroxyl groups is 1. The second-order valence-electron chi connectivity index (χ2n) is 3.05. The SMILES string of the molecule is Cn1cnnc1C#CC1(O)CC1. The highest BCUT2D eigenvalue weighted by molar-refractivity contribution is 5.29. The largest absolute Gasteiger partial charge is 0.378 e. The first kappa shape index (κ1) is 7.32. The summed E-state index contributed by atoms with van der Waals surface area (Å²) >= 11 is 0. The van der Waals surface area contributed by atoms with Crippen molar-refractivity contribution in [3.8, 4) is 11.8 Å². The van der Waals surface area contributed by atoms with E-state index in [0.29, 0.717) is 5.82 Å². The minimum absolute atomic E-state index is 0.593. The summed E-state index contributed by atoms with van der Waals surface area (Å²) in [5.74, 6) is 6.14. The first-order valence-corrected chi connectivity index (χ1v) is 3.79. The van der Waals surface area contributed by atoms with Gasteiger partial charge in [0.2, 0.25) is 5.82 Å². The Balaban J connectivity index is 2.21. The lowest BCUT2D eigenvalue weighted by Crippen LogP contribution is -2.01. The fourth-order valence-electron chi connectivity index (χ4n) is 0.812. The van der Waals surface area contributed by atoms with E-state index in [0.717, 1.165) is 12.8 Å². The van der Waals surface area contributed by atoms with Crippen LogP contribution in [0.2, 0.25) is 0 Å². The average molecular weight is 163 g/mol. The van der Waals surface area contributed by atoms with Gasteiger partial charge < -0.3 is 9.67 Å². The molecule has 62 valence electrons. The van der Waals surface area contributed by atoms with E-state index in [9.17, 15) is 5.11 Å². The Morgan fingerprint density at radius 2 is 2.42 bits per heavy atom. The van der Waals surface area contributed by atoms with Gasteiger partial charge in [0, 0.05) is 7.05 Å². The summed E-state index contributed by atoms with van der Waals surface area (Å²) in [5.41, 5.74) is -0.730. The third-order valence-corrected chi connectivity index (χ3v) is 1.84. The third kappa shape index (κ3) is 1.31. The predicted molar refractivity (Wildman–Crippen MR) is 42.1 cm³/mol. The lowest BCUT2D eigenvalue weighted by Gasteiger charge is -1.92. The van der Waals surface area contributed by atoms with Crippen molar-refractivity contribution in [3.63, 3.8) is 0 Å². The van der Waals surface area contributed by atoms with Gasteiger partial charge in [-0.1, -0.05) is 5.92 Å². The van der Waals surface area contributed by atoms with Gasteiger partial charge in [-0.2, -0.15) is 0 Å². The Hall–Kier alpha value is -1.34. The third-order valence-electron chi connectivity index (χ3n) is 1.84. The second kappa shape index (κ2) is 2.32. The van der Waals surface area contributed by atoms with Crippen LogP contribution in [0.25, 0.3) is 0 Å². The van der Waals surface area contributed by atoms with Crippen LogP contribution in [-0.4, -0.2) is 25.5 Å². The molecule has 0 radical (unpaired) electrons. The molecule has 0 spiro atoms. The zero-order valence-electron chi connectivity index (χ0n) is 6.78. The highest BCUT2D eigenvalue weighted by Gasteiger charge is 2.38. The molecule has 2 rings (SSSR count). The number of hydrogen-bond acceptors (Lipinski definition) is 3. The molecule has 1 N–H and O–H groups in total. The first-order valence-electron chi connectivity index (χ1n) is 3.79. The number of nitrogens with zero attached hydrogens (tertiary/aromatic N) is 3. The van der Waals surface area contributed by atoms with E-state index < -0.39 is 5.60 Å². The van der Waals surface area contributed by atoms with Crippen molar-refractivity contribution in [2.45, 2.75) is 18.4 Å². The Morgan fingerprint density at radius 3 is 2.92 bits per heavy atom. The molecule has 0 aromatic carbocycles. The molecule has 1 aliphatic carbocycles. The number of aromatic nitrogens is 3. The van der Waals surface area contributed by atoms with E-state index in [1.165, 1.54) is 0 Å². The van der Waals surface area contributed by atoms with Crippen molar-refractivity contribution < 1.29 is 5.11 Å². The number of rotatable bonds is 0. The summed E-state index contributed by atoms with van der Waals surface area (Å²) in [7, 11) is 1.82. The van der Waals surface area contributed by atoms with Gasteiger partial charge in [-0.25, -0.2) is 0 Å². The fraction of sp³-hybridized carbons (Fsp3) is 0.500. The Labute approximate surface area is 70.2 Å². The summed E-state index contributed by atoms with van der Waals surface area (Å²) in [6.45, 7) is 0. The van der Waals surface area contributed by atoms with Crippen LogP contribution in [0.1, 0.15) is 18.7 Å². The van der Waals surface area contributed by atoms with Crippen molar-refractivity contribution in [1.82, 2.24) is 14.8 Å². The maximum atomic E-state index is 9.39. The smallest absolute Gasteiger partial charge is 0.207 e. The van der Waals surface area contributed by atoms with E-state index in [1.54, 1.807) is 10.9 Å². The van der Waals surface area contributed by atoms with Gasteiger partial charge in [-0.3, -0.25) is 0 Å². The van der Waals surface area contributed by atoms with Crippen LogP contribution >= 0.6 is 0 Å². The van der Waals surface area contributed by atoms with Gasteiger partial charge in [-0.05, 0) is 18.8 Å². The van der Waals surface area contributed by atoms with E-state index >= 15 is 0 Å². The predicted octanol–water partition coefficient (Wildman–Crippen LogP) is -0.309. The van der Waals surface area contributed by atoms with Gasteiger partial charge in [0.15, 0.2) is 0 Å². The van der Waals surface area contributed by atoms with E-state index in [-0.39, 0.29) is 0 Å². The summed E-state index contributed by atoms with van der Waals surface area (Å²) in [6, 6.07) is 0. The molecule has 0 unspecified atom stereocenters. The van der Waals surface area contributed by atoms with Gasteiger partial charge >= 0.3 is 0 Å². The average Bonchev–Trinajstić information content (AvgIpc) is 2.61. The minimum atomic E-state index is -0.730. The Kier molecular flexibility index (Phi) is 1.42. The maximum absolute atomic E-state index is 9.39. The van der Waals surface area contributed by atoms with Crippen molar-refractivity contribution in [3.05, 3.63) is 12.2 Å². The molecular weight excluding hydrogens is 154 g/mol. The van der Waals surface area contributed by atoms with Crippen LogP contribution in [0.5, 0.6) is 0 Å². The molecule has 0 aliphatic heterocycles. The molecule has 0 bridgehead atoms. The molecular formula is C8H9N3O. The normalized spacial score (nSPS) is 18.2. The first-order chi connectivity index (χ1) is 5.70. The zero-order valence-corrected chi connectivity index (χ0v) is 6.78. The summed E-state index contributed by atoms with van der Waals surface area (Å²) in [5, 5.41) is 16.8. The van der Waals surface area contributed by atoms with Gasteiger partial charge in [-0.15, -0.1) is 10.2 Å². The van der Waals surface area contributed by atoms with Crippen LogP contribution < -0.4 is 0 Å². The molecule has 12 heavy (non-hydrogen) atoms. The van der Waals surface area contributed by atoms with E-state index in [2.05, 4.69) is 22.0 Å². The van der Waals surface area contributed by atoms with Crippen molar-refractivity contribution in [2.75, 3.05) is 0 Å². The second-order valence-corrected chi connectivity index (χ2v) is 3.05. The van der Waals surface area contributed by atoms with Gasteiger partial charge in [0.05, 0.1) is 0 Å². The van der Waals surface area contributed by atoms with Crippen LogP contribution in [0, 0.1) is 11.8 Å². The summed E-state index contributed by atoms with van der Waals surface area (Å²) in [6.07, 6.45) is 3.14. The quantitative estimate of drug-likeness (QED) is 0.534. The monoisotopic (exact) mass is 163 g/mol. The van der Waals surface area contributed by atoms with Crippen molar-refractivity contribution in [2.24, 2.45) is 7.05 Å². The molecule has 1 aromatic rings. The summed E-state index contributed by atoms with van der Waals surface area (Å²) in [4.78, 5) is 0. The molecule has 1 fully saturated rings. The topological polar surface area (TPSA) is 50.9 Å². The van der Waals surface area contributed by atoms with Crippen LogP contribution in [-0.2, 0) is 7.05 Å². The molecule has 1 aliphatic rings. The maximum Gasteiger partial charge on any atom is 0.207 e. The molecule has 1 heterocycles. The van der Waals surface area contributed by atoms with Crippen molar-refractivity contribution >= 4 is 0 Å². The standard InChI is InChI=1S/C8H9N3O/c1-11-6-9-10-7(11)2-3-8(12)4-5-8/h6,12H,4-5H2,1H3. The van der Waals surface area contributed by atoms with Crippen LogP contribution in [0.3, 0.4) is 0 Å². The molecule has 1 aromatic heterocycles. The van der Waals surface area contributed by atoms with E-state index in [1.807, 2.05) is 7.05 Å². The fourth-order valence-corrected chi connectivity index (χ4v) is 0.812. The van der Waals surface area contributed by atoms with Crippen LogP contribution in [0.15, 0.2) is 6.33 Å². The lowest BCUT2D eigenvalue weighted by atomic mass is 10.3. The van der Waals surface area contributed by atoms with Gasteiger partial charge in [0.25, 0.3) is 0 Å². The lowest BCUT2D eigenvalue weighted by molar-refractivity contribution is 0.212. The highest BCUT2D eigenvalue weighted by atomic mass is 16.3. The van der Waals surface area contributed by atoms with Crippen molar-refractivity contribution in [1.29, 1.82) is 0 Å². The molecule has 1 saturated carbocycles. The molecule has 4 nitrogen and oxygen atoms in total.